The molecule has 0 aromatic heterocycles. The summed E-state index contributed by atoms with van der Waals surface area (Å²) in [6.45, 7) is 2.43. The van der Waals surface area contributed by atoms with Gasteiger partial charge in [0.25, 0.3) is 0 Å². The standard InChI is InChI=1S/C24H28N2O2S/c1-29-22-13-10-21(11-14-22)12-15-24(28)26-18-16-25(17-19-26)23(27)9-5-8-20-6-3-2-4-7-20/h2-4,6-7,10-15H,5,8-9,16-19H2,1H3/b15-12+. The van der Waals surface area contributed by atoms with Gasteiger partial charge in [-0.3, -0.25) is 9.59 Å². The van der Waals surface area contributed by atoms with Crippen LogP contribution in [-0.4, -0.2) is 54.0 Å². The molecule has 1 aliphatic heterocycles. The number of hydrogen-bond donors (Lipinski definition) is 0. The summed E-state index contributed by atoms with van der Waals surface area (Å²) in [5.41, 5.74) is 2.29. The predicted molar refractivity (Wildman–Crippen MR) is 120 cm³/mol. The van der Waals surface area contributed by atoms with Gasteiger partial charge < -0.3 is 9.80 Å². The molecular weight excluding hydrogens is 380 g/mol. The van der Waals surface area contributed by atoms with Crippen LogP contribution in [0, 0.1) is 0 Å². The third kappa shape index (κ3) is 6.50. The van der Waals surface area contributed by atoms with E-state index in [2.05, 4.69) is 24.3 Å². The number of piperazine rings is 1. The third-order valence-electron chi connectivity index (χ3n) is 5.18. The highest BCUT2D eigenvalue weighted by Gasteiger charge is 2.22. The molecular formula is C24H28N2O2S. The second-order valence-corrected chi connectivity index (χ2v) is 8.03. The third-order valence-corrected chi connectivity index (χ3v) is 5.92. The Labute approximate surface area is 177 Å². The van der Waals surface area contributed by atoms with Crippen molar-refractivity contribution in [3.8, 4) is 0 Å². The second-order valence-electron chi connectivity index (χ2n) is 7.15. The van der Waals surface area contributed by atoms with E-state index in [0.29, 0.717) is 32.6 Å². The largest absolute Gasteiger partial charge is 0.339 e. The number of hydrogen-bond acceptors (Lipinski definition) is 3. The van der Waals surface area contributed by atoms with E-state index in [-0.39, 0.29) is 11.8 Å². The molecule has 4 nitrogen and oxygen atoms in total. The van der Waals surface area contributed by atoms with Gasteiger partial charge in [-0.15, -0.1) is 11.8 Å². The van der Waals surface area contributed by atoms with Gasteiger partial charge in [0, 0.05) is 43.6 Å². The molecule has 2 amide bonds. The van der Waals surface area contributed by atoms with E-state index in [1.807, 2.05) is 52.5 Å². The maximum absolute atomic E-state index is 12.4. The highest BCUT2D eigenvalue weighted by molar-refractivity contribution is 7.98. The lowest BCUT2D eigenvalue weighted by Gasteiger charge is -2.34. The van der Waals surface area contributed by atoms with Gasteiger partial charge in [0.15, 0.2) is 0 Å². The van der Waals surface area contributed by atoms with E-state index in [1.165, 1.54) is 10.5 Å². The zero-order valence-electron chi connectivity index (χ0n) is 16.9. The van der Waals surface area contributed by atoms with Crippen molar-refractivity contribution in [2.45, 2.75) is 24.2 Å². The lowest BCUT2D eigenvalue weighted by Crippen LogP contribution is -2.50. The Morgan fingerprint density at radius 2 is 1.59 bits per heavy atom. The topological polar surface area (TPSA) is 40.6 Å². The summed E-state index contributed by atoms with van der Waals surface area (Å²) in [7, 11) is 0. The van der Waals surface area contributed by atoms with Crippen molar-refractivity contribution in [2.24, 2.45) is 0 Å². The summed E-state index contributed by atoms with van der Waals surface area (Å²) in [6.07, 6.45) is 7.88. The van der Waals surface area contributed by atoms with Gasteiger partial charge in [0.2, 0.25) is 11.8 Å². The second kappa shape index (κ2) is 10.9. The van der Waals surface area contributed by atoms with Crippen molar-refractivity contribution in [3.63, 3.8) is 0 Å². The molecule has 0 N–H and O–H groups in total. The van der Waals surface area contributed by atoms with E-state index in [9.17, 15) is 9.59 Å². The van der Waals surface area contributed by atoms with Crippen LogP contribution >= 0.6 is 11.8 Å². The summed E-state index contributed by atoms with van der Waals surface area (Å²) >= 11 is 1.70. The van der Waals surface area contributed by atoms with Crippen LogP contribution < -0.4 is 0 Å². The van der Waals surface area contributed by atoms with Crippen LogP contribution in [0.2, 0.25) is 0 Å². The Morgan fingerprint density at radius 3 is 2.24 bits per heavy atom. The van der Waals surface area contributed by atoms with Gasteiger partial charge in [-0.1, -0.05) is 42.5 Å². The maximum Gasteiger partial charge on any atom is 0.246 e. The zero-order chi connectivity index (χ0) is 20.5. The van der Waals surface area contributed by atoms with Crippen LogP contribution in [0.4, 0.5) is 0 Å². The highest BCUT2D eigenvalue weighted by atomic mass is 32.2. The fraction of sp³-hybridized carbons (Fsp3) is 0.333. The lowest BCUT2D eigenvalue weighted by molar-refractivity contribution is -0.137. The van der Waals surface area contributed by atoms with Crippen molar-refractivity contribution in [3.05, 3.63) is 71.8 Å². The van der Waals surface area contributed by atoms with Crippen LogP contribution in [0.1, 0.15) is 24.0 Å². The van der Waals surface area contributed by atoms with Gasteiger partial charge in [-0.25, -0.2) is 0 Å². The molecule has 3 rings (SSSR count). The number of thioether (sulfide) groups is 1. The first kappa shape index (κ1) is 21.2. The van der Waals surface area contributed by atoms with E-state index in [1.54, 1.807) is 17.8 Å². The summed E-state index contributed by atoms with van der Waals surface area (Å²) in [4.78, 5) is 29.8. The molecule has 0 unspecified atom stereocenters. The Hall–Kier alpha value is -2.53. The number of aryl methyl sites for hydroxylation is 1. The molecule has 1 saturated heterocycles. The van der Waals surface area contributed by atoms with Gasteiger partial charge >= 0.3 is 0 Å². The number of carbonyl (C=O) groups is 2. The minimum Gasteiger partial charge on any atom is -0.339 e. The van der Waals surface area contributed by atoms with Crippen molar-refractivity contribution < 1.29 is 9.59 Å². The molecule has 0 spiro atoms. The molecule has 29 heavy (non-hydrogen) atoms. The van der Waals surface area contributed by atoms with Gasteiger partial charge in [0.1, 0.15) is 0 Å². The summed E-state index contributed by atoms with van der Waals surface area (Å²) in [5, 5.41) is 0. The first-order valence-electron chi connectivity index (χ1n) is 10.1. The molecule has 1 fully saturated rings. The first-order chi connectivity index (χ1) is 14.2. The van der Waals surface area contributed by atoms with E-state index >= 15 is 0 Å². The average Bonchev–Trinajstić information content (AvgIpc) is 2.78. The lowest BCUT2D eigenvalue weighted by atomic mass is 10.1. The molecule has 0 radical (unpaired) electrons. The number of carbonyl (C=O) groups excluding carboxylic acids is 2. The fourth-order valence-corrected chi connectivity index (χ4v) is 3.82. The normalized spacial score (nSPS) is 14.4. The van der Waals surface area contributed by atoms with Crippen molar-refractivity contribution in [1.82, 2.24) is 9.80 Å². The van der Waals surface area contributed by atoms with Gasteiger partial charge in [0.05, 0.1) is 0 Å². The predicted octanol–water partition coefficient (Wildman–Crippen LogP) is 4.12. The SMILES string of the molecule is CSc1ccc(/C=C/C(=O)N2CCN(C(=O)CCCc3ccccc3)CC2)cc1. The molecule has 0 atom stereocenters. The smallest absolute Gasteiger partial charge is 0.246 e. The van der Waals surface area contributed by atoms with E-state index in [0.717, 1.165) is 18.4 Å². The highest BCUT2D eigenvalue weighted by Crippen LogP contribution is 2.16. The number of amides is 2. The number of nitrogens with zero attached hydrogens (tertiary/aromatic N) is 2. The minimum absolute atomic E-state index is 0.00937. The fourth-order valence-electron chi connectivity index (χ4n) is 3.41. The summed E-state index contributed by atoms with van der Waals surface area (Å²) in [6, 6.07) is 18.4. The van der Waals surface area contributed by atoms with E-state index < -0.39 is 0 Å². The van der Waals surface area contributed by atoms with Crippen molar-refractivity contribution in [2.75, 3.05) is 32.4 Å². The minimum atomic E-state index is 0.00937. The van der Waals surface area contributed by atoms with Crippen LogP contribution in [0.25, 0.3) is 6.08 Å². The Bertz CT molecular complexity index is 826. The van der Waals surface area contributed by atoms with Crippen molar-refractivity contribution >= 4 is 29.7 Å². The molecule has 0 saturated carbocycles. The average molecular weight is 409 g/mol. The zero-order valence-corrected chi connectivity index (χ0v) is 17.7. The van der Waals surface area contributed by atoms with Crippen LogP contribution in [0.3, 0.4) is 0 Å². The van der Waals surface area contributed by atoms with Gasteiger partial charge in [-0.2, -0.15) is 0 Å². The molecule has 152 valence electrons. The van der Waals surface area contributed by atoms with Gasteiger partial charge in [-0.05, 0) is 48.4 Å². The van der Waals surface area contributed by atoms with Crippen molar-refractivity contribution in [1.29, 1.82) is 0 Å². The van der Waals surface area contributed by atoms with Crippen LogP contribution in [-0.2, 0) is 16.0 Å². The quantitative estimate of drug-likeness (QED) is 0.511. The maximum atomic E-state index is 12.4. The first-order valence-corrected chi connectivity index (χ1v) is 11.3. The molecule has 1 heterocycles. The van der Waals surface area contributed by atoms with Crippen LogP contribution in [0.15, 0.2) is 65.6 Å². The van der Waals surface area contributed by atoms with E-state index in [4.69, 9.17) is 0 Å². The Balaban J connectivity index is 1.40. The molecule has 1 aliphatic rings. The number of rotatable bonds is 7. The molecule has 0 bridgehead atoms. The Kier molecular flexibility index (Phi) is 7.94. The van der Waals surface area contributed by atoms with Crippen LogP contribution in [0.5, 0.6) is 0 Å². The summed E-state index contributed by atoms with van der Waals surface area (Å²) in [5.74, 6) is 0.201. The Morgan fingerprint density at radius 1 is 0.931 bits per heavy atom. The molecule has 0 aliphatic carbocycles. The molecule has 2 aromatic carbocycles. The summed E-state index contributed by atoms with van der Waals surface area (Å²) < 4.78 is 0. The monoisotopic (exact) mass is 408 g/mol. The molecule has 5 heteroatoms. The molecule has 2 aromatic rings. The number of benzene rings is 2.